The van der Waals surface area contributed by atoms with Gasteiger partial charge in [-0.3, -0.25) is 0 Å². The highest BCUT2D eigenvalue weighted by molar-refractivity contribution is 5.42. The first kappa shape index (κ1) is 12.5. The molecule has 0 saturated heterocycles. The minimum absolute atomic E-state index is 0.0623. The van der Waals surface area contributed by atoms with Gasteiger partial charge in [-0.05, 0) is 20.8 Å². The van der Waals surface area contributed by atoms with Crippen LogP contribution in [-0.4, -0.2) is 15.5 Å². The van der Waals surface area contributed by atoms with Crippen LogP contribution in [0.1, 0.15) is 26.5 Å². The number of nitrogens with zero attached hydrogens (tertiary/aromatic N) is 2. The molecule has 0 bridgehead atoms. The third-order valence-electron chi connectivity index (χ3n) is 1.54. The third kappa shape index (κ3) is 3.56. The minimum atomic E-state index is -4.52. The quantitative estimate of drug-likeness (QED) is 0.782. The number of alkyl halides is 3. The molecule has 0 radical (unpaired) electrons. The highest BCUT2D eigenvalue weighted by Crippen LogP contribution is 2.29. The topological polar surface area (TPSA) is 63.8 Å². The molecule has 0 atom stereocenters. The first-order valence-electron chi connectivity index (χ1n) is 4.58. The normalized spacial score (nSPS) is 12.6. The van der Waals surface area contributed by atoms with E-state index in [1.807, 2.05) is 0 Å². The van der Waals surface area contributed by atoms with Crippen molar-refractivity contribution in [3.8, 4) is 0 Å². The Kier molecular flexibility index (Phi) is 2.98. The smallest absolute Gasteiger partial charge is 0.368 e. The van der Waals surface area contributed by atoms with E-state index in [-0.39, 0.29) is 5.82 Å². The van der Waals surface area contributed by atoms with Crippen LogP contribution in [0.4, 0.5) is 24.9 Å². The Balaban J connectivity index is 3.09. The summed E-state index contributed by atoms with van der Waals surface area (Å²) in [6, 6.07) is 0.835. The Morgan fingerprint density at radius 2 is 1.75 bits per heavy atom. The molecule has 90 valence electrons. The van der Waals surface area contributed by atoms with Crippen LogP contribution in [0.3, 0.4) is 0 Å². The molecule has 0 aliphatic heterocycles. The summed E-state index contributed by atoms with van der Waals surface area (Å²) in [6.07, 6.45) is -4.52. The number of halogens is 3. The van der Waals surface area contributed by atoms with Crippen LogP contribution < -0.4 is 11.1 Å². The molecule has 0 fully saturated rings. The van der Waals surface area contributed by atoms with Crippen LogP contribution in [0, 0.1) is 0 Å². The lowest BCUT2D eigenvalue weighted by atomic mass is 10.1. The van der Waals surface area contributed by atoms with Crippen LogP contribution in [0.15, 0.2) is 6.07 Å². The highest BCUT2D eigenvalue weighted by atomic mass is 19.4. The number of nitrogens with two attached hydrogens (primary N) is 1. The molecule has 0 aliphatic rings. The zero-order valence-corrected chi connectivity index (χ0v) is 9.18. The van der Waals surface area contributed by atoms with Gasteiger partial charge in [0.25, 0.3) is 0 Å². The van der Waals surface area contributed by atoms with Gasteiger partial charge in [0, 0.05) is 11.6 Å². The van der Waals surface area contributed by atoms with Gasteiger partial charge in [-0.25, -0.2) is 4.98 Å². The van der Waals surface area contributed by atoms with Crippen molar-refractivity contribution >= 4 is 11.8 Å². The Hall–Kier alpha value is -1.53. The van der Waals surface area contributed by atoms with Crippen LogP contribution in [0.5, 0.6) is 0 Å². The van der Waals surface area contributed by atoms with E-state index in [2.05, 4.69) is 15.3 Å². The van der Waals surface area contributed by atoms with E-state index in [0.717, 1.165) is 6.07 Å². The molecule has 0 aliphatic carbocycles. The molecule has 1 rings (SSSR count). The number of nitrogens with one attached hydrogen (secondary N) is 1. The third-order valence-corrected chi connectivity index (χ3v) is 1.54. The second-order valence-corrected chi connectivity index (χ2v) is 4.37. The van der Waals surface area contributed by atoms with Gasteiger partial charge < -0.3 is 11.1 Å². The van der Waals surface area contributed by atoms with Crippen molar-refractivity contribution in [1.82, 2.24) is 9.97 Å². The van der Waals surface area contributed by atoms with Gasteiger partial charge in [0.15, 0.2) is 5.69 Å². The Labute approximate surface area is 91.1 Å². The fourth-order valence-electron chi connectivity index (χ4n) is 1.06. The van der Waals surface area contributed by atoms with Crippen LogP contribution in [0.25, 0.3) is 0 Å². The number of aromatic nitrogens is 2. The lowest BCUT2D eigenvalue weighted by Crippen LogP contribution is -2.27. The summed E-state index contributed by atoms with van der Waals surface area (Å²) < 4.78 is 37.2. The molecule has 0 saturated carbocycles. The van der Waals surface area contributed by atoms with Crippen LogP contribution >= 0.6 is 0 Å². The van der Waals surface area contributed by atoms with Crippen LogP contribution in [0.2, 0.25) is 0 Å². The second kappa shape index (κ2) is 3.80. The van der Waals surface area contributed by atoms with Crippen molar-refractivity contribution < 1.29 is 13.2 Å². The van der Waals surface area contributed by atoms with E-state index in [9.17, 15) is 13.2 Å². The summed E-state index contributed by atoms with van der Waals surface area (Å²) in [5, 5.41) is 2.80. The molecular formula is C9H13F3N4. The van der Waals surface area contributed by atoms with Gasteiger partial charge in [-0.2, -0.15) is 18.2 Å². The van der Waals surface area contributed by atoms with Gasteiger partial charge >= 0.3 is 6.18 Å². The van der Waals surface area contributed by atoms with E-state index >= 15 is 0 Å². The first-order valence-corrected chi connectivity index (χ1v) is 4.58. The van der Waals surface area contributed by atoms with E-state index in [4.69, 9.17) is 5.73 Å². The summed E-state index contributed by atoms with van der Waals surface area (Å²) in [6.45, 7) is 5.41. The summed E-state index contributed by atoms with van der Waals surface area (Å²) in [5.41, 5.74) is 3.76. The molecule has 0 aromatic carbocycles. The number of anilines is 2. The first-order chi connectivity index (χ1) is 7.08. The average Bonchev–Trinajstić information content (AvgIpc) is 1.97. The summed E-state index contributed by atoms with van der Waals surface area (Å²) in [4.78, 5) is 6.83. The van der Waals surface area contributed by atoms with Crippen molar-refractivity contribution in [1.29, 1.82) is 0 Å². The Bertz CT molecular complexity index is 381. The molecule has 3 N–H and O–H groups in total. The second-order valence-electron chi connectivity index (χ2n) is 4.37. The number of hydrogen-bond acceptors (Lipinski definition) is 4. The van der Waals surface area contributed by atoms with Crippen molar-refractivity contribution in [2.75, 3.05) is 11.1 Å². The van der Waals surface area contributed by atoms with E-state index in [1.54, 1.807) is 20.8 Å². The largest absolute Gasteiger partial charge is 0.433 e. The number of hydrogen-bond donors (Lipinski definition) is 2. The predicted octanol–water partition coefficient (Wildman–Crippen LogP) is 2.29. The summed E-state index contributed by atoms with van der Waals surface area (Å²) in [5.74, 6) is -0.339. The fraction of sp³-hybridized carbons (Fsp3) is 0.556. The zero-order valence-electron chi connectivity index (χ0n) is 9.18. The van der Waals surface area contributed by atoms with E-state index < -0.39 is 23.4 Å². The molecular weight excluding hydrogens is 221 g/mol. The summed E-state index contributed by atoms with van der Waals surface area (Å²) >= 11 is 0. The van der Waals surface area contributed by atoms with Gasteiger partial charge in [0.05, 0.1) is 0 Å². The molecule has 7 heteroatoms. The Morgan fingerprint density at radius 3 is 2.19 bits per heavy atom. The lowest BCUT2D eigenvalue weighted by molar-refractivity contribution is -0.141. The lowest BCUT2D eigenvalue weighted by Gasteiger charge is -2.21. The minimum Gasteiger partial charge on any atom is -0.368 e. The molecule has 0 spiro atoms. The van der Waals surface area contributed by atoms with Gasteiger partial charge in [-0.15, -0.1) is 0 Å². The Morgan fingerprint density at radius 1 is 1.19 bits per heavy atom. The maximum atomic E-state index is 12.4. The standard InChI is InChI=1S/C9H13F3N4/c1-8(2,3)16-6-4-5(9(10,11)12)14-7(13)15-6/h4H,1-3H3,(H3,13,14,15,16). The maximum absolute atomic E-state index is 12.4. The SMILES string of the molecule is CC(C)(C)Nc1cc(C(F)(F)F)nc(N)n1. The van der Waals surface area contributed by atoms with Crippen molar-refractivity contribution in [3.63, 3.8) is 0 Å². The van der Waals surface area contributed by atoms with Gasteiger partial charge in [-0.1, -0.05) is 0 Å². The van der Waals surface area contributed by atoms with E-state index in [0.29, 0.717) is 0 Å². The van der Waals surface area contributed by atoms with Gasteiger partial charge in [0.1, 0.15) is 5.82 Å². The van der Waals surface area contributed by atoms with Gasteiger partial charge in [0.2, 0.25) is 5.95 Å². The monoisotopic (exact) mass is 234 g/mol. The van der Waals surface area contributed by atoms with Crippen molar-refractivity contribution in [2.45, 2.75) is 32.5 Å². The molecule has 16 heavy (non-hydrogen) atoms. The fourth-order valence-corrected chi connectivity index (χ4v) is 1.06. The molecule has 4 nitrogen and oxygen atoms in total. The molecule has 0 amide bonds. The zero-order chi connectivity index (χ0) is 12.6. The molecule has 1 heterocycles. The molecule has 1 aromatic heterocycles. The predicted molar refractivity (Wildman–Crippen MR) is 54.8 cm³/mol. The highest BCUT2D eigenvalue weighted by Gasteiger charge is 2.33. The molecule has 0 unspecified atom stereocenters. The average molecular weight is 234 g/mol. The van der Waals surface area contributed by atoms with E-state index in [1.165, 1.54) is 0 Å². The molecule has 1 aromatic rings. The van der Waals surface area contributed by atoms with Crippen LogP contribution in [-0.2, 0) is 6.18 Å². The number of nitrogen functional groups attached to an aromatic ring is 1. The number of rotatable bonds is 1. The van der Waals surface area contributed by atoms with Crippen molar-refractivity contribution in [3.05, 3.63) is 11.8 Å². The maximum Gasteiger partial charge on any atom is 0.433 e. The van der Waals surface area contributed by atoms with Crippen molar-refractivity contribution in [2.24, 2.45) is 0 Å². The summed E-state index contributed by atoms with van der Waals surface area (Å²) in [7, 11) is 0.